The number of hydrogen-bond acceptors (Lipinski definition) is 7. The van der Waals surface area contributed by atoms with E-state index < -0.39 is 40.7 Å². The summed E-state index contributed by atoms with van der Waals surface area (Å²) in [7, 11) is 0. The number of nitro benzene ring substituents is 1. The van der Waals surface area contributed by atoms with Gasteiger partial charge in [-0.1, -0.05) is 48.0 Å². The number of amides is 2. The molecule has 2 saturated heterocycles. The van der Waals surface area contributed by atoms with Gasteiger partial charge in [-0.15, -0.1) is 0 Å². The molecule has 204 valence electrons. The smallest absolute Gasteiger partial charge is 0.269 e. The molecule has 0 radical (unpaired) electrons. The fourth-order valence-electron chi connectivity index (χ4n) is 5.98. The number of nitro groups is 1. The second kappa shape index (κ2) is 9.94. The molecule has 3 aliphatic heterocycles. The quantitative estimate of drug-likeness (QED) is 0.179. The third kappa shape index (κ3) is 4.25. The summed E-state index contributed by atoms with van der Waals surface area (Å²) >= 11 is 6.03. The molecule has 0 saturated carbocycles. The Morgan fingerprint density at radius 3 is 2.24 bits per heavy atom. The summed E-state index contributed by atoms with van der Waals surface area (Å²) in [5.41, 5.74) is 1.57. The van der Waals surface area contributed by atoms with E-state index in [1.165, 1.54) is 18.2 Å². The van der Waals surface area contributed by atoms with Crippen molar-refractivity contribution >= 4 is 46.4 Å². The van der Waals surface area contributed by atoms with E-state index in [4.69, 9.17) is 11.6 Å². The maximum absolute atomic E-state index is 14.0. The van der Waals surface area contributed by atoms with E-state index in [2.05, 4.69) is 0 Å². The van der Waals surface area contributed by atoms with Crippen LogP contribution in [-0.2, 0) is 9.59 Å². The number of aryl methyl sites for hydroxylation is 1. The van der Waals surface area contributed by atoms with Gasteiger partial charge in [0, 0.05) is 40.1 Å². The van der Waals surface area contributed by atoms with Gasteiger partial charge in [0.05, 0.1) is 28.5 Å². The predicted molar refractivity (Wildman–Crippen MR) is 150 cm³/mol. The van der Waals surface area contributed by atoms with Crippen molar-refractivity contribution in [3.8, 4) is 0 Å². The summed E-state index contributed by atoms with van der Waals surface area (Å²) in [6.45, 7) is 1.58. The van der Waals surface area contributed by atoms with Crippen molar-refractivity contribution in [2.24, 2.45) is 11.8 Å². The van der Waals surface area contributed by atoms with Crippen LogP contribution in [-0.4, -0.2) is 45.3 Å². The number of rotatable bonds is 6. The SMILES string of the molecule is Cc1cc([N+](=O)[O-])ccc1N1C(=O)[C@@H]2[C@H](C1=O)[C@H](C(=O)c1ccc(Cl)cc1)N1C=CC(C(=O)c3ccccc3)=C[C@@H]21. The first kappa shape index (κ1) is 26.3. The highest BCUT2D eigenvalue weighted by atomic mass is 35.5. The highest BCUT2D eigenvalue weighted by Gasteiger charge is 2.63. The molecular weight excluding hydrogens is 546 g/mol. The minimum Gasteiger partial charge on any atom is -0.359 e. The summed E-state index contributed by atoms with van der Waals surface area (Å²) < 4.78 is 0. The van der Waals surface area contributed by atoms with Gasteiger partial charge < -0.3 is 4.90 Å². The summed E-state index contributed by atoms with van der Waals surface area (Å²) in [6.07, 6.45) is 4.86. The molecule has 4 atom stereocenters. The van der Waals surface area contributed by atoms with Crippen molar-refractivity contribution in [1.82, 2.24) is 4.90 Å². The number of imide groups is 1. The van der Waals surface area contributed by atoms with Crippen molar-refractivity contribution < 1.29 is 24.1 Å². The molecule has 0 aliphatic carbocycles. The standard InChI is InChI=1S/C31H22ClN3O6/c1-17-15-22(35(40)41)11-12-23(17)34-30(38)25-24-16-20(28(36)18-5-3-2-4-6-18)13-14-33(24)27(26(25)31(34)39)29(37)19-7-9-21(32)10-8-19/h2-16,24-27H,1H3/t24-,25-,26-,27+/m0/s1. The lowest BCUT2D eigenvalue weighted by molar-refractivity contribution is -0.384. The predicted octanol–water partition coefficient (Wildman–Crippen LogP) is 4.93. The number of ketones is 2. The molecule has 41 heavy (non-hydrogen) atoms. The third-order valence-electron chi connectivity index (χ3n) is 7.88. The molecule has 0 aromatic heterocycles. The summed E-state index contributed by atoms with van der Waals surface area (Å²) in [5, 5.41) is 11.7. The maximum atomic E-state index is 14.0. The average molecular weight is 568 g/mol. The molecule has 3 aromatic rings. The summed E-state index contributed by atoms with van der Waals surface area (Å²) in [6, 6.07) is 17.1. The van der Waals surface area contributed by atoms with Crippen LogP contribution in [0.4, 0.5) is 11.4 Å². The Balaban J connectivity index is 1.44. The van der Waals surface area contributed by atoms with Crippen molar-refractivity contribution in [2.45, 2.75) is 19.0 Å². The van der Waals surface area contributed by atoms with E-state index in [1.54, 1.807) is 84.8 Å². The molecular formula is C31H22ClN3O6. The van der Waals surface area contributed by atoms with E-state index in [-0.39, 0.29) is 22.9 Å². The van der Waals surface area contributed by atoms with Crippen LogP contribution in [0.5, 0.6) is 0 Å². The number of carbonyl (C=O) groups excluding carboxylic acids is 4. The van der Waals surface area contributed by atoms with Gasteiger partial charge in [-0.2, -0.15) is 0 Å². The highest BCUT2D eigenvalue weighted by Crippen LogP contribution is 2.47. The van der Waals surface area contributed by atoms with Crippen molar-refractivity contribution in [2.75, 3.05) is 4.90 Å². The van der Waals surface area contributed by atoms with E-state index in [0.29, 0.717) is 27.3 Å². The lowest BCUT2D eigenvalue weighted by atomic mass is 9.85. The Bertz CT molecular complexity index is 1700. The van der Waals surface area contributed by atoms with Crippen LogP contribution in [0.15, 0.2) is 96.7 Å². The van der Waals surface area contributed by atoms with Gasteiger partial charge in [0.15, 0.2) is 11.6 Å². The monoisotopic (exact) mass is 567 g/mol. The molecule has 0 unspecified atom stereocenters. The van der Waals surface area contributed by atoms with Gasteiger partial charge in [-0.3, -0.25) is 29.3 Å². The van der Waals surface area contributed by atoms with E-state index in [9.17, 15) is 29.3 Å². The van der Waals surface area contributed by atoms with Crippen LogP contribution in [0.2, 0.25) is 5.02 Å². The number of Topliss-reactive ketones (excluding diaryl/α,β-unsaturated/α-hetero) is 2. The molecule has 9 nitrogen and oxygen atoms in total. The van der Waals surface area contributed by atoms with Gasteiger partial charge in [-0.05, 0) is 48.9 Å². The zero-order chi connectivity index (χ0) is 29.0. The zero-order valence-electron chi connectivity index (χ0n) is 21.6. The number of fused-ring (bicyclic) bond motifs is 3. The van der Waals surface area contributed by atoms with Crippen molar-refractivity contribution in [3.05, 3.63) is 129 Å². The van der Waals surface area contributed by atoms with E-state index in [1.807, 2.05) is 0 Å². The number of carbonyl (C=O) groups is 4. The second-order valence-corrected chi connectivity index (χ2v) is 10.6. The van der Waals surface area contributed by atoms with Gasteiger partial charge in [-0.25, -0.2) is 4.90 Å². The van der Waals surface area contributed by atoms with Crippen LogP contribution >= 0.6 is 11.6 Å². The molecule has 10 heteroatoms. The molecule has 6 rings (SSSR count). The first-order chi connectivity index (χ1) is 19.7. The summed E-state index contributed by atoms with van der Waals surface area (Å²) in [5.74, 6) is -3.71. The molecule has 3 aromatic carbocycles. The lowest BCUT2D eigenvalue weighted by Crippen LogP contribution is -2.46. The fraction of sp³-hybridized carbons (Fsp3) is 0.161. The molecule has 2 fully saturated rings. The minimum absolute atomic E-state index is 0.170. The van der Waals surface area contributed by atoms with Crippen LogP contribution in [0, 0.1) is 28.9 Å². The van der Waals surface area contributed by atoms with E-state index >= 15 is 0 Å². The Labute approximate surface area is 239 Å². The van der Waals surface area contributed by atoms with Gasteiger partial charge in [0.25, 0.3) is 5.69 Å². The van der Waals surface area contributed by atoms with Crippen molar-refractivity contribution in [1.29, 1.82) is 0 Å². The number of nitrogens with zero attached hydrogens (tertiary/aromatic N) is 3. The molecule has 0 spiro atoms. The molecule has 2 amide bonds. The largest absolute Gasteiger partial charge is 0.359 e. The fourth-order valence-corrected chi connectivity index (χ4v) is 6.11. The van der Waals surface area contributed by atoms with Gasteiger partial charge in [0.2, 0.25) is 11.8 Å². The summed E-state index contributed by atoms with van der Waals surface area (Å²) in [4.78, 5) is 68.6. The van der Waals surface area contributed by atoms with Gasteiger partial charge >= 0.3 is 0 Å². The maximum Gasteiger partial charge on any atom is 0.269 e. The Morgan fingerprint density at radius 2 is 1.59 bits per heavy atom. The number of allylic oxidation sites excluding steroid dienone is 2. The van der Waals surface area contributed by atoms with Gasteiger partial charge in [0.1, 0.15) is 6.04 Å². The van der Waals surface area contributed by atoms with Crippen LogP contribution in [0.3, 0.4) is 0 Å². The zero-order valence-corrected chi connectivity index (χ0v) is 22.4. The van der Waals surface area contributed by atoms with Crippen LogP contribution in [0.25, 0.3) is 0 Å². The number of hydrogen-bond donors (Lipinski definition) is 0. The molecule has 0 bridgehead atoms. The number of halogens is 1. The Hall–Kier alpha value is -4.89. The third-order valence-corrected chi connectivity index (χ3v) is 8.13. The van der Waals surface area contributed by atoms with Crippen LogP contribution in [0.1, 0.15) is 26.3 Å². The average Bonchev–Trinajstić information content (AvgIpc) is 3.44. The minimum atomic E-state index is -1.04. The molecule has 3 heterocycles. The van der Waals surface area contributed by atoms with Crippen LogP contribution < -0.4 is 4.90 Å². The topological polar surface area (TPSA) is 118 Å². The lowest BCUT2D eigenvalue weighted by Gasteiger charge is -2.33. The molecule has 0 N–H and O–H groups in total. The van der Waals surface area contributed by atoms with Crippen molar-refractivity contribution in [3.63, 3.8) is 0 Å². The number of non-ortho nitro benzene ring substituents is 1. The number of anilines is 1. The normalized spacial score (nSPS) is 22.8. The first-order valence-electron chi connectivity index (χ1n) is 12.9. The highest BCUT2D eigenvalue weighted by molar-refractivity contribution is 6.30. The molecule has 3 aliphatic rings. The van der Waals surface area contributed by atoms with E-state index in [0.717, 1.165) is 4.90 Å². The second-order valence-electron chi connectivity index (χ2n) is 10.2. The Morgan fingerprint density at radius 1 is 0.902 bits per heavy atom. The number of benzene rings is 3. The Kier molecular flexibility index (Phi) is 6.38. The first-order valence-corrected chi connectivity index (χ1v) is 13.2.